The second-order valence-electron chi connectivity index (χ2n) is 6.60. The van der Waals surface area contributed by atoms with Gasteiger partial charge >= 0.3 is 0 Å². The zero-order chi connectivity index (χ0) is 20.7. The number of amides is 1. The molecule has 29 heavy (non-hydrogen) atoms. The number of carbonyl (C=O) groups is 1. The molecule has 0 spiro atoms. The minimum Gasteiger partial charge on any atom is -0.326 e. The molecule has 5 nitrogen and oxygen atoms in total. The Bertz CT molecular complexity index is 1050. The SMILES string of the molecule is Cc1ccc(S(=O)(=O)CCC(=O)Nc2ccc(SCc3cccnc3)cc2)cc1. The number of nitrogens with one attached hydrogen (secondary N) is 1. The van der Waals surface area contributed by atoms with Crippen LogP contribution in [0.5, 0.6) is 0 Å². The number of thioether (sulfide) groups is 1. The van der Waals surface area contributed by atoms with E-state index in [2.05, 4.69) is 10.3 Å². The lowest BCUT2D eigenvalue weighted by atomic mass is 10.2. The predicted molar refractivity (Wildman–Crippen MR) is 117 cm³/mol. The van der Waals surface area contributed by atoms with Crippen LogP contribution >= 0.6 is 11.8 Å². The molecule has 0 aliphatic rings. The fourth-order valence-corrected chi connectivity index (χ4v) is 4.67. The van der Waals surface area contributed by atoms with E-state index < -0.39 is 9.84 Å². The van der Waals surface area contributed by atoms with Crippen LogP contribution in [0.1, 0.15) is 17.5 Å². The number of anilines is 1. The first-order valence-corrected chi connectivity index (χ1v) is 11.8. The monoisotopic (exact) mass is 426 g/mol. The molecule has 0 aliphatic carbocycles. The van der Waals surface area contributed by atoms with E-state index in [9.17, 15) is 13.2 Å². The van der Waals surface area contributed by atoms with Crippen molar-refractivity contribution in [2.45, 2.75) is 28.9 Å². The summed E-state index contributed by atoms with van der Waals surface area (Å²) < 4.78 is 24.7. The van der Waals surface area contributed by atoms with E-state index in [0.717, 1.165) is 21.8 Å². The van der Waals surface area contributed by atoms with Crippen molar-refractivity contribution in [1.82, 2.24) is 4.98 Å². The Balaban J connectivity index is 1.49. The Labute approximate surface area is 175 Å². The highest BCUT2D eigenvalue weighted by Gasteiger charge is 2.16. The Morgan fingerprint density at radius 3 is 2.41 bits per heavy atom. The molecule has 7 heteroatoms. The Hall–Kier alpha value is -2.64. The number of aryl methyl sites for hydroxylation is 1. The van der Waals surface area contributed by atoms with Gasteiger partial charge in [-0.15, -0.1) is 11.8 Å². The zero-order valence-corrected chi connectivity index (χ0v) is 17.7. The third kappa shape index (κ3) is 6.44. The average molecular weight is 427 g/mol. The maximum absolute atomic E-state index is 12.3. The maximum atomic E-state index is 12.3. The summed E-state index contributed by atoms with van der Waals surface area (Å²) in [4.78, 5) is 17.6. The number of hydrogen-bond donors (Lipinski definition) is 1. The molecule has 0 aliphatic heterocycles. The number of carbonyl (C=O) groups excluding carboxylic acids is 1. The number of benzene rings is 2. The van der Waals surface area contributed by atoms with Gasteiger partial charge in [-0.1, -0.05) is 23.8 Å². The molecule has 3 aromatic rings. The maximum Gasteiger partial charge on any atom is 0.225 e. The fraction of sp³-hybridized carbons (Fsp3) is 0.182. The van der Waals surface area contributed by atoms with Gasteiger partial charge in [-0.2, -0.15) is 0 Å². The lowest BCUT2D eigenvalue weighted by Crippen LogP contribution is -2.17. The van der Waals surface area contributed by atoms with Gasteiger partial charge in [0.05, 0.1) is 10.6 Å². The molecular formula is C22H22N2O3S2. The molecule has 0 bridgehead atoms. The largest absolute Gasteiger partial charge is 0.326 e. The molecule has 1 N–H and O–H groups in total. The number of sulfone groups is 1. The lowest BCUT2D eigenvalue weighted by Gasteiger charge is -2.08. The number of aromatic nitrogens is 1. The van der Waals surface area contributed by atoms with Crippen molar-refractivity contribution in [3.05, 3.63) is 84.2 Å². The third-order valence-corrected chi connectivity index (χ3v) is 7.06. The molecule has 0 atom stereocenters. The van der Waals surface area contributed by atoms with Crippen LogP contribution in [0.25, 0.3) is 0 Å². The first-order valence-electron chi connectivity index (χ1n) is 9.13. The highest BCUT2D eigenvalue weighted by Crippen LogP contribution is 2.24. The van der Waals surface area contributed by atoms with Gasteiger partial charge in [0, 0.05) is 35.2 Å². The van der Waals surface area contributed by atoms with Crippen molar-refractivity contribution in [1.29, 1.82) is 0 Å². The Morgan fingerprint density at radius 2 is 1.76 bits per heavy atom. The summed E-state index contributed by atoms with van der Waals surface area (Å²) in [6.45, 7) is 1.90. The molecule has 2 aromatic carbocycles. The van der Waals surface area contributed by atoms with Crippen LogP contribution in [0.15, 0.2) is 82.8 Å². The number of hydrogen-bond acceptors (Lipinski definition) is 5. The standard InChI is InChI=1S/C22H22N2O3S2/c1-17-4-10-21(11-5-17)29(26,27)14-12-22(25)24-19-6-8-20(9-7-19)28-16-18-3-2-13-23-15-18/h2-11,13,15H,12,14,16H2,1H3,(H,24,25). The van der Waals surface area contributed by atoms with Crippen molar-refractivity contribution >= 4 is 33.2 Å². The van der Waals surface area contributed by atoms with Crippen molar-refractivity contribution in [2.75, 3.05) is 11.1 Å². The van der Waals surface area contributed by atoms with Gasteiger partial charge in [0.1, 0.15) is 0 Å². The van der Waals surface area contributed by atoms with E-state index in [-0.39, 0.29) is 23.0 Å². The Kier molecular flexibility index (Phi) is 7.06. The van der Waals surface area contributed by atoms with E-state index in [0.29, 0.717) is 5.69 Å². The van der Waals surface area contributed by atoms with E-state index in [1.54, 1.807) is 42.2 Å². The van der Waals surface area contributed by atoms with Crippen LogP contribution in [-0.2, 0) is 20.4 Å². The van der Waals surface area contributed by atoms with Crippen molar-refractivity contribution < 1.29 is 13.2 Å². The van der Waals surface area contributed by atoms with Crippen LogP contribution in [-0.4, -0.2) is 25.1 Å². The van der Waals surface area contributed by atoms with E-state index in [1.807, 2.05) is 49.5 Å². The fourth-order valence-electron chi connectivity index (χ4n) is 2.60. The molecule has 0 radical (unpaired) electrons. The molecule has 0 saturated carbocycles. The zero-order valence-electron chi connectivity index (χ0n) is 16.0. The van der Waals surface area contributed by atoms with Crippen LogP contribution in [0, 0.1) is 6.92 Å². The molecule has 3 rings (SSSR count). The first-order chi connectivity index (χ1) is 13.9. The smallest absolute Gasteiger partial charge is 0.225 e. The van der Waals surface area contributed by atoms with Gasteiger partial charge in [-0.3, -0.25) is 9.78 Å². The van der Waals surface area contributed by atoms with E-state index in [1.165, 1.54) is 0 Å². The first kappa shape index (κ1) is 21.1. The van der Waals surface area contributed by atoms with Gasteiger partial charge in [-0.25, -0.2) is 8.42 Å². The lowest BCUT2D eigenvalue weighted by molar-refractivity contribution is -0.115. The van der Waals surface area contributed by atoms with Crippen LogP contribution in [0.4, 0.5) is 5.69 Å². The van der Waals surface area contributed by atoms with Crippen molar-refractivity contribution in [2.24, 2.45) is 0 Å². The van der Waals surface area contributed by atoms with Crippen molar-refractivity contribution in [3.63, 3.8) is 0 Å². The summed E-state index contributed by atoms with van der Waals surface area (Å²) in [7, 11) is -3.47. The van der Waals surface area contributed by atoms with Crippen LogP contribution < -0.4 is 5.32 Å². The van der Waals surface area contributed by atoms with E-state index in [4.69, 9.17) is 0 Å². The Morgan fingerprint density at radius 1 is 1.03 bits per heavy atom. The molecule has 1 heterocycles. The number of rotatable bonds is 8. The van der Waals surface area contributed by atoms with Crippen LogP contribution in [0.2, 0.25) is 0 Å². The minimum atomic E-state index is -3.47. The minimum absolute atomic E-state index is 0.0896. The molecule has 0 fully saturated rings. The van der Waals surface area contributed by atoms with Gasteiger partial charge in [0.15, 0.2) is 9.84 Å². The molecular weight excluding hydrogens is 404 g/mol. The summed E-state index contributed by atoms with van der Waals surface area (Å²) in [5, 5.41) is 2.75. The number of pyridine rings is 1. The molecule has 0 unspecified atom stereocenters. The van der Waals surface area contributed by atoms with Gasteiger partial charge in [0.2, 0.25) is 5.91 Å². The summed E-state index contributed by atoms with van der Waals surface area (Å²) in [6, 6.07) is 18.1. The van der Waals surface area contributed by atoms with Gasteiger partial charge in [-0.05, 0) is 55.0 Å². The quantitative estimate of drug-likeness (QED) is 0.537. The third-order valence-electron chi connectivity index (χ3n) is 4.24. The van der Waals surface area contributed by atoms with Crippen molar-refractivity contribution in [3.8, 4) is 0 Å². The second kappa shape index (κ2) is 9.71. The molecule has 150 valence electrons. The van der Waals surface area contributed by atoms with Gasteiger partial charge < -0.3 is 5.32 Å². The highest BCUT2D eigenvalue weighted by molar-refractivity contribution is 7.98. The summed E-state index contributed by atoms with van der Waals surface area (Å²) in [5.41, 5.74) is 2.78. The summed E-state index contributed by atoms with van der Waals surface area (Å²) in [6.07, 6.45) is 3.50. The normalized spacial score (nSPS) is 11.2. The van der Waals surface area contributed by atoms with Crippen LogP contribution in [0.3, 0.4) is 0 Å². The predicted octanol–water partition coefficient (Wildman–Crippen LogP) is 4.48. The van der Waals surface area contributed by atoms with Gasteiger partial charge in [0.25, 0.3) is 0 Å². The molecule has 1 aromatic heterocycles. The average Bonchev–Trinajstić information content (AvgIpc) is 2.73. The molecule has 0 saturated heterocycles. The number of nitrogens with zero attached hydrogens (tertiary/aromatic N) is 1. The highest BCUT2D eigenvalue weighted by atomic mass is 32.2. The van der Waals surface area contributed by atoms with E-state index >= 15 is 0 Å². The summed E-state index contributed by atoms with van der Waals surface area (Å²) in [5.74, 6) is 0.272. The topological polar surface area (TPSA) is 76.1 Å². The summed E-state index contributed by atoms with van der Waals surface area (Å²) >= 11 is 1.68. The molecule has 1 amide bonds. The second-order valence-corrected chi connectivity index (χ2v) is 9.76.